The maximum absolute atomic E-state index is 13.1. The summed E-state index contributed by atoms with van der Waals surface area (Å²) >= 11 is 0. The first-order valence-corrected chi connectivity index (χ1v) is 8.78. The predicted molar refractivity (Wildman–Crippen MR) is 97.1 cm³/mol. The van der Waals surface area contributed by atoms with E-state index >= 15 is 0 Å². The molecular formula is C20H18F3N3O3. The van der Waals surface area contributed by atoms with Gasteiger partial charge >= 0.3 is 17.8 Å². The Labute approximate surface area is 165 Å². The van der Waals surface area contributed by atoms with E-state index in [1.807, 2.05) is 30.3 Å². The summed E-state index contributed by atoms with van der Waals surface area (Å²) in [4.78, 5) is 25.9. The number of carbonyl (C=O) groups is 2. The number of ether oxygens (including phenoxy) is 1. The van der Waals surface area contributed by atoms with Crippen LogP contribution in [0.25, 0.3) is 0 Å². The number of esters is 1. The van der Waals surface area contributed by atoms with Gasteiger partial charge in [-0.05, 0) is 24.1 Å². The first-order chi connectivity index (χ1) is 13.8. The Morgan fingerprint density at radius 3 is 2.17 bits per heavy atom. The zero-order valence-electron chi connectivity index (χ0n) is 15.5. The third-order valence-electron chi connectivity index (χ3n) is 4.58. The highest BCUT2D eigenvalue weighted by molar-refractivity contribution is 5.96. The van der Waals surface area contributed by atoms with Crippen molar-refractivity contribution in [1.82, 2.24) is 4.90 Å². The lowest BCUT2D eigenvalue weighted by atomic mass is 10.0. The highest BCUT2D eigenvalue weighted by Crippen LogP contribution is 2.52. The van der Waals surface area contributed by atoms with E-state index in [2.05, 4.69) is 15.0 Å². The number of benzene rings is 2. The van der Waals surface area contributed by atoms with Gasteiger partial charge in [-0.3, -0.25) is 9.59 Å². The number of hydrogen-bond donors (Lipinski definition) is 0. The molecule has 1 heterocycles. The molecule has 0 radical (unpaired) electrons. The Balaban J connectivity index is 1.75. The Hall–Kier alpha value is -3.23. The van der Waals surface area contributed by atoms with Crippen LogP contribution in [-0.2, 0) is 21.6 Å². The second-order valence-electron chi connectivity index (χ2n) is 6.49. The largest absolute Gasteiger partial charge is 0.468 e. The highest BCUT2D eigenvalue weighted by Gasteiger charge is 2.65. The Bertz CT molecular complexity index is 906. The number of nitrogens with zero attached hydrogens (tertiary/aromatic N) is 3. The molecule has 3 rings (SSSR count). The zero-order chi connectivity index (χ0) is 21.1. The third-order valence-corrected chi connectivity index (χ3v) is 4.58. The second-order valence-corrected chi connectivity index (χ2v) is 6.49. The van der Waals surface area contributed by atoms with Crippen molar-refractivity contribution in [3.05, 3.63) is 71.3 Å². The van der Waals surface area contributed by atoms with Crippen LogP contribution in [-0.4, -0.2) is 43.2 Å². The molecule has 0 spiro atoms. The van der Waals surface area contributed by atoms with Gasteiger partial charge in [0.25, 0.3) is 5.91 Å². The number of rotatable bonds is 7. The van der Waals surface area contributed by atoms with E-state index in [9.17, 15) is 22.8 Å². The molecule has 1 amide bonds. The van der Waals surface area contributed by atoms with Crippen LogP contribution < -0.4 is 0 Å². The molecule has 0 atom stereocenters. The lowest BCUT2D eigenvalue weighted by Crippen LogP contribution is -2.37. The standard InChI is InChI=1S/C20H18F3N3O3/c1-29-17(27)13-26(12-11-14-5-3-2-4-6-14)18(28)15-7-9-16(10-8-15)19(24-25-19)20(21,22)23/h2-10H,11-13H2,1H3. The van der Waals surface area contributed by atoms with Gasteiger partial charge in [0.1, 0.15) is 6.54 Å². The van der Waals surface area contributed by atoms with E-state index in [0.29, 0.717) is 6.42 Å². The van der Waals surface area contributed by atoms with Crippen LogP contribution in [0.2, 0.25) is 0 Å². The van der Waals surface area contributed by atoms with Crippen molar-refractivity contribution in [2.75, 3.05) is 20.2 Å². The predicted octanol–water partition coefficient (Wildman–Crippen LogP) is 3.73. The summed E-state index contributed by atoms with van der Waals surface area (Å²) < 4.78 is 43.9. The number of carbonyl (C=O) groups excluding carboxylic acids is 2. The van der Waals surface area contributed by atoms with Crippen LogP contribution in [0.15, 0.2) is 64.8 Å². The SMILES string of the molecule is COC(=O)CN(CCc1ccccc1)C(=O)c1ccc(C2(C(F)(F)F)N=N2)cc1. The smallest absolute Gasteiger partial charge is 0.442 e. The number of amides is 1. The second kappa shape index (κ2) is 8.02. The van der Waals surface area contributed by atoms with E-state index in [1.54, 1.807) is 0 Å². The van der Waals surface area contributed by atoms with Gasteiger partial charge in [-0.15, -0.1) is 10.2 Å². The fourth-order valence-corrected chi connectivity index (χ4v) is 2.85. The summed E-state index contributed by atoms with van der Waals surface area (Å²) in [5.74, 6) is -1.07. The topological polar surface area (TPSA) is 71.3 Å². The van der Waals surface area contributed by atoms with Crippen molar-refractivity contribution in [3.8, 4) is 0 Å². The van der Waals surface area contributed by atoms with E-state index in [0.717, 1.165) is 5.56 Å². The minimum atomic E-state index is -4.63. The van der Waals surface area contributed by atoms with Crippen LogP contribution in [0.1, 0.15) is 21.5 Å². The summed E-state index contributed by atoms with van der Waals surface area (Å²) in [6.45, 7) is -0.0159. The number of alkyl halides is 3. The average molecular weight is 405 g/mol. The van der Waals surface area contributed by atoms with Crippen molar-refractivity contribution in [3.63, 3.8) is 0 Å². The van der Waals surface area contributed by atoms with Gasteiger partial charge in [0.2, 0.25) is 0 Å². The van der Waals surface area contributed by atoms with Crippen LogP contribution >= 0.6 is 0 Å². The van der Waals surface area contributed by atoms with Crippen molar-refractivity contribution >= 4 is 11.9 Å². The summed E-state index contributed by atoms with van der Waals surface area (Å²) in [5, 5.41) is 6.28. The fraction of sp³-hybridized carbons (Fsp3) is 0.300. The minimum Gasteiger partial charge on any atom is -0.468 e. The third kappa shape index (κ3) is 4.44. The molecule has 2 aromatic rings. The molecule has 0 aliphatic carbocycles. The molecule has 6 nitrogen and oxygen atoms in total. The van der Waals surface area contributed by atoms with E-state index in [4.69, 9.17) is 0 Å². The Morgan fingerprint density at radius 1 is 1.03 bits per heavy atom. The lowest BCUT2D eigenvalue weighted by Gasteiger charge is -2.22. The molecule has 0 N–H and O–H groups in total. The molecule has 1 aliphatic rings. The van der Waals surface area contributed by atoms with Gasteiger partial charge in [-0.25, -0.2) is 0 Å². The van der Waals surface area contributed by atoms with Gasteiger partial charge in [-0.1, -0.05) is 42.5 Å². The fourth-order valence-electron chi connectivity index (χ4n) is 2.85. The molecule has 152 valence electrons. The maximum atomic E-state index is 13.1. The van der Waals surface area contributed by atoms with E-state index in [1.165, 1.54) is 36.3 Å². The van der Waals surface area contributed by atoms with Gasteiger partial charge < -0.3 is 9.64 Å². The van der Waals surface area contributed by atoms with E-state index < -0.39 is 23.7 Å². The molecule has 1 aliphatic heterocycles. The molecule has 9 heteroatoms. The van der Waals surface area contributed by atoms with Crippen molar-refractivity contribution in [2.24, 2.45) is 10.2 Å². The van der Waals surface area contributed by atoms with Crippen molar-refractivity contribution in [1.29, 1.82) is 0 Å². The summed E-state index contributed by atoms with van der Waals surface area (Å²) in [6, 6.07) is 14.3. The molecule has 29 heavy (non-hydrogen) atoms. The quantitative estimate of drug-likeness (QED) is 0.659. The minimum absolute atomic E-state index is 0.156. The molecule has 0 unspecified atom stereocenters. The molecule has 0 aromatic heterocycles. The Kier molecular flexibility index (Phi) is 5.67. The highest BCUT2D eigenvalue weighted by atomic mass is 19.4. The molecule has 0 saturated heterocycles. The average Bonchev–Trinajstić information content (AvgIpc) is 3.53. The summed E-state index contributed by atoms with van der Waals surface area (Å²) in [7, 11) is 1.22. The van der Waals surface area contributed by atoms with E-state index in [-0.39, 0.29) is 24.2 Å². The first-order valence-electron chi connectivity index (χ1n) is 8.78. The first kappa shape index (κ1) is 20.5. The lowest BCUT2D eigenvalue weighted by molar-refractivity contribution is -0.166. The monoisotopic (exact) mass is 405 g/mol. The van der Waals surface area contributed by atoms with Crippen molar-refractivity contribution in [2.45, 2.75) is 18.3 Å². The van der Waals surface area contributed by atoms with Gasteiger partial charge in [-0.2, -0.15) is 13.2 Å². The number of halogens is 3. The molecule has 0 fully saturated rings. The number of methoxy groups -OCH3 is 1. The normalized spacial score (nSPS) is 14.3. The molecule has 2 aromatic carbocycles. The zero-order valence-corrected chi connectivity index (χ0v) is 15.5. The molecular weight excluding hydrogens is 387 g/mol. The van der Waals surface area contributed by atoms with Gasteiger partial charge in [0.15, 0.2) is 0 Å². The molecule has 0 saturated carbocycles. The van der Waals surface area contributed by atoms with Crippen LogP contribution in [0, 0.1) is 0 Å². The summed E-state index contributed by atoms with van der Waals surface area (Å²) in [5.41, 5.74) is -1.56. The molecule has 0 bridgehead atoms. The van der Waals surface area contributed by atoms with Gasteiger partial charge in [0.05, 0.1) is 7.11 Å². The van der Waals surface area contributed by atoms with Crippen LogP contribution in [0.5, 0.6) is 0 Å². The van der Waals surface area contributed by atoms with Gasteiger partial charge in [0, 0.05) is 17.7 Å². The summed E-state index contributed by atoms with van der Waals surface area (Å²) in [6.07, 6.45) is -4.12. The number of hydrogen-bond acceptors (Lipinski definition) is 5. The maximum Gasteiger partial charge on any atom is 0.442 e. The Morgan fingerprint density at radius 2 is 1.66 bits per heavy atom. The van der Waals surface area contributed by atoms with Crippen LogP contribution in [0.4, 0.5) is 13.2 Å². The van der Waals surface area contributed by atoms with Crippen molar-refractivity contribution < 1.29 is 27.5 Å². The van der Waals surface area contributed by atoms with Crippen LogP contribution in [0.3, 0.4) is 0 Å².